The molecule has 1 aliphatic heterocycles. The molecule has 0 radical (unpaired) electrons. The van der Waals surface area contributed by atoms with Crippen molar-refractivity contribution in [2.75, 3.05) is 19.6 Å². The van der Waals surface area contributed by atoms with Gasteiger partial charge >= 0.3 is 12.0 Å². The van der Waals surface area contributed by atoms with Crippen molar-refractivity contribution in [1.29, 1.82) is 0 Å². The Morgan fingerprint density at radius 2 is 1.49 bits per heavy atom. The number of carboxylic acids is 1. The minimum absolute atomic E-state index is 0.00864. The molecule has 6 nitrogen and oxygen atoms in total. The van der Waals surface area contributed by atoms with Crippen LogP contribution in [0.4, 0.5) is 4.79 Å². The zero-order valence-electron chi connectivity index (χ0n) is 34.5. The molecule has 1 saturated heterocycles. The van der Waals surface area contributed by atoms with Gasteiger partial charge in [0.25, 0.3) is 0 Å². The van der Waals surface area contributed by atoms with E-state index < -0.39 is 5.97 Å². The molecule has 6 fully saturated rings. The van der Waals surface area contributed by atoms with E-state index in [1.165, 1.54) is 81.8 Å². The van der Waals surface area contributed by atoms with Gasteiger partial charge in [-0.25, -0.2) is 9.59 Å². The highest BCUT2D eigenvalue weighted by Gasteiger charge is 2.72. The molecule has 6 aliphatic carbocycles. The van der Waals surface area contributed by atoms with E-state index in [4.69, 9.17) is 0 Å². The highest BCUT2D eigenvalue weighted by molar-refractivity contribution is 5.88. The third-order valence-corrected chi connectivity index (χ3v) is 18.3. The number of piperidine rings is 1. The molecule has 8 rings (SSSR count). The first-order valence-corrected chi connectivity index (χ1v) is 21.7. The van der Waals surface area contributed by atoms with Gasteiger partial charge in [0.15, 0.2) is 0 Å². The summed E-state index contributed by atoms with van der Waals surface area (Å²) >= 11 is 0. The van der Waals surface area contributed by atoms with E-state index in [1.54, 1.807) is 12.1 Å². The number of hydrogen-bond acceptors (Lipinski definition) is 3. The summed E-state index contributed by atoms with van der Waals surface area (Å²) in [5.41, 5.74) is 3.75. The highest BCUT2D eigenvalue weighted by atomic mass is 16.4. The molecule has 0 unspecified atom stereocenters. The second kappa shape index (κ2) is 12.6. The normalized spacial score (nSPS) is 41.5. The fourth-order valence-electron chi connectivity index (χ4n) is 15.3. The van der Waals surface area contributed by atoms with Crippen molar-refractivity contribution in [2.45, 2.75) is 156 Å². The molecule has 7 aliphatic rings. The number of nitrogens with zero attached hydrogens (tertiary/aromatic N) is 1. The van der Waals surface area contributed by atoms with Crippen molar-refractivity contribution in [2.24, 2.45) is 56.7 Å². The molecule has 0 bridgehead atoms. The molecule has 0 spiro atoms. The SMILES string of the molecule is CC(C)(CN1CCCCC1)NC(=O)N[C@]12CC[C@@H](C3(C)CC3)[C@@H]1[C@H]1CC[C@@H]3[C@@]4(C)CC=C(c5ccc(C(=O)O)cc5)C(C)(C)[C@@H]4CC[C@@]3(C)[C@]1(C)CC2. The number of aromatic carboxylic acids is 1. The van der Waals surface area contributed by atoms with Gasteiger partial charge in [-0.05, 0) is 190 Å². The number of hydrogen-bond donors (Lipinski definition) is 3. The Balaban J connectivity index is 1.06. The number of urea groups is 1. The van der Waals surface area contributed by atoms with Crippen LogP contribution in [0.25, 0.3) is 5.57 Å². The summed E-state index contributed by atoms with van der Waals surface area (Å²) in [7, 11) is 0. The smallest absolute Gasteiger partial charge is 0.335 e. The second-order valence-corrected chi connectivity index (χ2v) is 21.9. The number of carbonyl (C=O) groups is 2. The maximum absolute atomic E-state index is 14.2. The monoisotopic (exact) mass is 726 g/mol. The van der Waals surface area contributed by atoms with Crippen LogP contribution in [-0.4, -0.2) is 52.7 Å². The number of benzene rings is 1. The Hall–Kier alpha value is -2.34. The average Bonchev–Trinajstić information content (AvgIpc) is 3.72. The Bertz CT molecular complexity index is 1640. The molecule has 2 amide bonds. The van der Waals surface area contributed by atoms with Gasteiger partial charge in [0.1, 0.15) is 0 Å². The number of allylic oxidation sites excluding steroid dienone is 2. The van der Waals surface area contributed by atoms with E-state index in [9.17, 15) is 14.7 Å². The van der Waals surface area contributed by atoms with E-state index in [0.717, 1.165) is 38.9 Å². The molecule has 0 aromatic heterocycles. The van der Waals surface area contributed by atoms with Gasteiger partial charge in [0.2, 0.25) is 0 Å². The largest absolute Gasteiger partial charge is 0.478 e. The summed E-state index contributed by atoms with van der Waals surface area (Å²) in [5, 5.41) is 16.9. The quantitative estimate of drug-likeness (QED) is 0.261. The lowest BCUT2D eigenvalue weighted by molar-refractivity contribution is -0.221. The summed E-state index contributed by atoms with van der Waals surface area (Å²) < 4.78 is 0. The maximum atomic E-state index is 14.2. The molecule has 53 heavy (non-hydrogen) atoms. The topological polar surface area (TPSA) is 81.7 Å². The van der Waals surface area contributed by atoms with Crippen molar-refractivity contribution in [3.8, 4) is 0 Å². The van der Waals surface area contributed by atoms with E-state index >= 15 is 0 Å². The minimum atomic E-state index is -0.863. The number of fused-ring (bicyclic) bond motifs is 7. The lowest BCUT2D eigenvalue weighted by Gasteiger charge is -2.72. The van der Waals surface area contributed by atoms with Gasteiger partial charge in [0, 0.05) is 17.6 Å². The van der Waals surface area contributed by atoms with Crippen molar-refractivity contribution in [3.05, 3.63) is 41.5 Å². The molecule has 1 aromatic rings. The number of likely N-dealkylation sites (tertiary alicyclic amines) is 1. The molecule has 6 heteroatoms. The van der Waals surface area contributed by atoms with Crippen LogP contribution in [0, 0.1) is 56.7 Å². The highest BCUT2D eigenvalue weighted by Crippen LogP contribution is 2.78. The second-order valence-electron chi connectivity index (χ2n) is 21.9. The zero-order chi connectivity index (χ0) is 37.8. The lowest BCUT2D eigenvalue weighted by atomic mass is 9.32. The summed E-state index contributed by atoms with van der Waals surface area (Å²) in [6, 6.07) is 7.70. The van der Waals surface area contributed by atoms with Crippen LogP contribution in [0.2, 0.25) is 0 Å². The van der Waals surface area contributed by atoms with E-state index in [0.29, 0.717) is 40.6 Å². The standard InChI is InChI=1S/C47H71N3O3/c1-41(2,30-50-28-10-9-11-29-50)48-40(53)49-47-23-19-34(43(5)24-25-43)38(47)35-16-17-37-44(6)21-18-33(31-12-14-32(15-13-31)39(51)52)42(3,4)36(44)20-22-46(37,8)45(35,7)26-27-47/h12-15,18,34-38H,9-11,16-17,19-30H2,1-8H3,(H,51,52)(H2,48,49,53)/t34-,35-,36+,37-,38-,44+,45-,46-,47+/m1/s1. The number of nitrogens with one attached hydrogen (secondary N) is 2. The van der Waals surface area contributed by atoms with Gasteiger partial charge in [-0.2, -0.15) is 0 Å². The number of carbonyl (C=O) groups excluding carboxylic acids is 1. The average molecular weight is 726 g/mol. The number of amides is 2. The Morgan fingerprint density at radius 1 is 0.792 bits per heavy atom. The van der Waals surface area contributed by atoms with Crippen molar-refractivity contribution >= 4 is 17.6 Å². The number of rotatable bonds is 7. The van der Waals surface area contributed by atoms with Crippen LogP contribution in [-0.2, 0) is 0 Å². The number of carboxylic acid groups (broad SMARTS) is 1. The van der Waals surface area contributed by atoms with E-state index in [-0.39, 0.29) is 38.8 Å². The summed E-state index contributed by atoms with van der Waals surface area (Å²) in [6.45, 7) is 23.3. The fraction of sp³-hybridized carbons (Fsp3) is 0.787. The molecule has 1 heterocycles. The predicted molar refractivity (Wildman–Crippen MR) is 215 cm³/mol. The van der Waals surface area contributed by atoms with Crippen LogP contribution in [0.3, 0.4) is 0 Å². The molecule has 5 saturated carbocycles. The van der Waals surface area contributed by atoms with Gasteiger partial charge < -0.3 is 20.6 Å². The molecule has 9 atom stereocenters. The van der Waals surface area contributed by atoms with Gasteiger partial charge in [-0.1, -0.05) is 66.2 Å². The van der Waals surface area contributed by atoms with E-state index in [2.05, 4.69) is 77.0 Å². The Morgan fingerprint density at radius 3 is 2.15 bits per heavy atom. The Kier molecular flexibility index (Phi) is 8.92. The van der Waals surface area contributed by atoms with Crippen LogP contribution in [0.1, 0.15) is 161 Å². The lowest BCUT2D eigenvalue weighted by Crippen LogP contribution is -2.69. The van der Waals surface area contributed by atoms with Crippen molar-refractivity contribution < 1.29 is 14.7 Å². The maximum Gasteiger partial charge on any atom is 0.335 e. The fourth-order valence-corrected chi connectivity index (χ4v) is 15.3. The van der Waals surface area contributed by atoms with Gasteiger partial charge in [-0.15, -0.1) is 0 Å². The first kappa shape index (κ1) is 37.6. The van der Waals surface area contributed by atoms with Crippen LogP contribution in [0.5, 0.6) is 0 Å². The van der Waals surface area contributed by atoms with Crippen LogP contribution in [0.15, 0.2) is 30.3 Å². The van der Waals surface area contributed by atoms with Crippen molar-refractivity contribution in [3.63, 3.8) is 0 Å². The third kappa shape index (κ3) is 5.87. The summed E-state index contributed by atoms with van der Waals surface area (Å²) in [6.07, 6.45) is 20.1. The molecular weight excluding hydrogens is 655 g/mol. The van der Waals surface area contributed by atoms with Gasteiger partial charge in [0.05, 0.1) is 5.56 Å². The van der Waals surface area contributed by atoms with Crippen molar-refractivity contribution in [1.82, 2.24) is 15.5 Å². The first-order chi connectivity index (χ1) is 24.9. The van der Waals surface area contributed by atoms with E-state index in [1.807, 2.05) is 12.1 Å². The Labute approximate surface area is 321 Å². The summed E-state index contributed by atoms with van der Waals surface area (Å²) in [5.74, 6) is 2.27. The van der Waals surface area contributed by atoms with Gasteiger partial charge in [-0.3, -0.25) is 0 Å². The molecule has 3 N–H and O–H groups in total. The molecule has 1 aromatic carbocycles. The minimum Gasteiger partial charge on any atom is -0.478 e. The molecule has 292 valence electrons. The third-order valence-electron chi connectivity index (χ3n) is 18.3. The van der Waals surface area contributed by atoms with Crippen LogP contribution < -0.4 is 10.6 Å². The first-order valence-electron chi connectivity index (χ1n) is 21.7. The zero-order valence-corrected chi connectivity index (χ0v) is 34.5. The summed E-state index contributed by atoms with van der Waals surface area (Å²) in [4.78, 5) is 28.3. The predicted octanol–water partition coefficient (Wildman–Crippen LogP) is 10.6. The van der Waals surface area contributed by atoms with Crippen LogP contribution >= 0.6 is 0 Å². The molecular formula is C47H71N3O3.